The van der Waals surface area contributed by atoms with Crippen molar-refractivity contribution < 1.29 is 0 Å². The highest BCUT2D eigenvalue weighted by molar-refractivity contribution is 5.74. The summed E-state index contributed by atoms with van der Waals surface area (Å²) in [5.41, 5.74) is 4.83. The summed E-state index contributed by atoms with van der Waals surface area (Å²) in [6, 6.07) is 8.60. The van der Waals surface area contributed by atoms with Crippen LogP contribution in [0.4, 0.5) is 5.69 Å². The molecule has 0 saturated carbocycles. The molecular weight excluding hydrogens is 236 g/mol. The van der Waals surface area contributed by atoms with Crippen molar-refractivity contribution in [2.75, 3.05) is 31.1 Å². The van der Waals surface area contributed by atoms with E-state index in [-0.39, 0.29) is 0 Å². The number of H-pyrrole nitrogens is 1. The number of hydrogen-bond donors (Lipinski definition) is 2. The van der Waals surface area contributed by atoms with Gasteiger partial charge < -0.3 is 10.2 Å². The first-order valence-electron chi connectivity index (χ1n) is 6.91. The molecular formula is C15H20N4. The first kappa shape index (κ1) is 12.2. The van der Waals surface area contributed by atoms with Gasteiger partial charge in [-0.15, -0.1) is 0 Å². The van der Waals surface area contributed by atoms with Gasteiger partial charge in [-0.25, -0.2) is 0 Å². The maximum absolute atomic E-state index is 4.24. The summed E-state index contributed by atoms with van der Waals surface area (Å²) in [4.78, 5) is 2.42. The molecule has 2 heterocycles. The van der Waals surface area contributed by atoms with Crippen molar-refractivity contribution in [2.45, 2.75) is 13.3 Å². The molecule has 0 unspecified atom stereocenters. The van der Waals surface area contributed by atoms with Crippen molar-refractivity contribution >= 4 is 5.69 Å². The number of benzene rings is 1. The minimum atomic E-state index is 1.04. The maximum atomic E-state index is 4.24. The van der Waals surface area contributed by atoms with E-state index in [0.717, 1.165) is 31.9 Å². The Morgan fingerprint density at radius 3 is 2.79 bits per heavy atom. The van der Waals surface area contributed by atoms with Gasteiger partial charge in [0.05, 0.1) is 17.6 Å². The average molecular weight is 256 g/mol. The lowest BCUT2D eigenvalue weighted by atomic mass is 10.1. The van der Waals surface area contributed by atoms with Crippen LogP contribution in [0.5, 0.6) is 0 Å². The largest absolute Gasteiger partial charge is 0.367 e. The van der Waals surface area contributed by atoms with Crippen LogP contribution in [0.2, 0.25) is 0 Å². The molecule has 1 aliphatic rings. The summed E-state index contributed by atoms with van der Waals surface area (Å²) in [6.45, 7) is 6.38. The second-order valence-corrected chi connectivity index (χ2v) is 5.09. The maximum Gasteiger partial charge on any atom is 0.0884 e. The van der Waals surface area contributed by atoms with Crippen LogP contribution >= 0.6 is 0 Å². The SMILES string of the molecule is Cc1ccc(-c2[nH]ncc2N2CCCNCC2)cc1. The van der Waals surface area contributed by atoms with E-state index in [1.54, 1.807) is 0 Å². The monoisotopic (exact) mass is 256 g/mol. The summed E-state index contributed by atoms with van der Waals surface area (Å²) < 4.78 is 0. The van der Waals surface area contributed by atoms with Gasteiger partial charge in [-0.05, 0) is 19.9 Å². The molecule has 1 aliphatic heterocycles. The van der Waals surface area contributed by atoms with E-state index in [2.05, 4.69) is 51.6 Å². The van der Waals surface area contributed by atoms with E-state index >= 15 is 0 Å². The zero-order valence-electron chi connectivity index (χ0n) is 11.3. The zero-order valence-corrected chi connectivity index (χ0v) is 11.3. The Kier molecular flexibility index (Phi) is 3.51. The third-order valence-corrected chi connectivity index (χ3v) is 3.64. The molecule has 2 aromatic rings. The summed E-state index contributed by atoms with van der Waals surface area (Å²) in [5, 5.41) is 10.8. The standard InChI is InChI=1S/C15H20N4/c1-12-3-5-13(6-4-12)15-14(11-17-18-15)19-9-2-7-16-8-10-19/h3-6,11,16H,2,7-10H2,1H3,(H,17,18). The molecule has 1 fully saturated rings. The summed E-state index contributed by atoms with van der Waals surface area (Å²) >= 11 is 0. The molecule has 0 bridgehead atoms. The number of aromatic amines is 1. The number of rotatable bonds is 2. The van der Waals surface area contributed by atoms with Crippen LogP contribution in [0.1, 0.15) is 12.0 Å². The van der Waals surface area contributed by atoms with Gasteiger partial charge in [0, 0.05) is 25.2 Å². The lowest BCUT2D eigenvalue weighted by Gasteiger charge is -2.21. The first-order valence-corrected chi connectivity index (χ1v) is 6.91. The number of nitrogens with one attached hydrogen (secondary N) is 2. The quantitative estimate of drug-likeness (QED) is 0.865. The van der Waals surface area contributed by atoms with Crippen molar-refractivity contribution in [1.82, 2.24) is 15.5 Å². The van der Waals surface area contributed by atoms with Crippen molar-refractivity contribution in [2.24, 2.45) is 0 Å². The van der Waals surface area contributed by atoms with Crippen molar-refractivity contribution in [3.05, 3.63) is 36.0 Å². The van der Waals surface area contributed by atoms with Gasteiger partial charge >= 0.3 is 0 Å². The third kappa shape index (κ3) is 2.63. The van der Waals surface area contributed by atoms with E-state index < -0.39 is 0 Å². The van der Waals surface area contributed by atoms with Gasteiger partial charge in [0.15, 0.2) is 0 Å². The molecule has 19 heavy (non-hydrogen) atoms. The van der Waals surface area contributed by atoms with E-state index in [1.807, 2.05) is 6.20 Å². The van der Waals surface area contributed by atoms with Crippen LogP contribution in [0, 0.1) is 6.92 Å². The normalized spacial score (nSPS) is 16.4. The van der Waals surface area contributed by atoms with E-state index in [1.165, 1.54) is 23.2 Å². The van der Waals surface area contributed by atoms with E-state index in [9.17, 15) is 0 Å². The van der Waals surface area contributed by atoms with Gasteiger partial charge in [-0.3, -0.25) is 5.10 Å². The van der Waals surface area contributed by atoms with Gasteiger partial charge in [0.1, 0.15) is 0 Å². The smallest absolute Gasteiger partial charge is 0.0884 e. The molecule has 1 aromatic carbocycles. The van der Waals surface area contributed by atoms with Crippen LogP contribution in [0.3, 0.4) is 0 Å². The predicted octanol–water partition coefficient (Wildman–Crippen LogP) is 2.18. The molecule has 0 aliphatic carbocycles. The topological polar surface area (TPSA) is 44.0 Å². The Labute approximate surface area is 113 Å². The Balaban J connectivity index is 1.90. The summed E-state index contributed by atoms with van der Waals surface area (Å²) in [6.07, 6.45) is 3.12. The predicted molar refractivity (Wildman–Crippen MR) is 78.5 cm³/mol. The van der Waals surface area contributed by atoms with E-state index in [4.69, 9.17) is 0 Å². The molecule has 1 aromatic heterocycles. The Morgan fingerprint density at radius 2 is 1.95 bits per heavy atom. The number of hydrogen-bond acceptors (Lipinski definition) is 3. The molecule has 0 atom stereocenters. The molecule has 0 radical (unpaired) electrons. The highest BCUT2D eigenvalue weighted by atomic mass is 15.2. The van der Waals surface area contributed by atoms with Gasteiger partial charge in [0.25, 0.3) is 0 Å². The fraction of sp³-hybridized carbons (Fsp3) is 0.400. The Bertz CT molecular complexity index is 521. The Hall–Kier alpha value is -1.81. The van der Waals surface area contributed by atoms with Crippen LogP contribution in [0.25, 0.3) is 11.3 Å². The number of anilines is 1. The van der Waals surface area contributed by atoms with Crippen LogP contribution < -0.4 is 10.2 Å². The fourth-order valence-electron chi connectivity index (χ4n) is 2.54. The lowest BCUT2D eigenvalue weighted by molar-refractivity contribution is 0.724. The molecule has 2 N–H and O–H groups in total. The highest BCUT2D eigenvalue weighted by Gasteiger charge is 2.15. The van der Waals surface area contributed by atoms with Gasteiger partial charge in [-0.2, -0.15) is 5.10 Å². The van der Waals surface area contributed by atoms with E-state index in [0.29, 0.717) is 0 Å². The number of aromatic nitrogens is 2. The number of aryl methyl sites for hydroxylation is 1. The number of nitrogens with zero attached hydrogens (tertiary/aromatic N) is 2. The average Bonchev–Trinajstić information content (AvgIpc) is 2.75. The van der Waals surface area contributed by atoms with Gasteiger partial charge in [0.2, 0.25) is 0 Å². The van der Waals surface area contributed by atoms with Crippen molar-refractivity contribution in [3.8, 4) is 11.3 Å². The Morgan fingerprint density at radius 1 is 1.11 bits per heavy atom. The minimum absolute atomic E-state index is 1.04. The summed E-state index contributed by atoms with van der Waals surface area (Å²) in [5.74, 6) is 0. The molecule has 0 amide bonds. The summed E-state index contributed by atoms with van der Waals surface area (Å²) in [7, 11) is 0. The minimum Gasteiger partial charge on any atom is -0.367 e. The second kappa shape index (κ2) is 5.45. The van der Waals surface area contributed by atoms with Gasteiger partial charge in [-0.1, -0.05) is 29.8 Å². The lowest BCUT2D eigenvalue weighted by Crippen LogP contribution is -2.27. The zero-order chi connectivity index (χ0) is 13.1. The molecule has 1 saturated heterocycles. The molecule has 0 spiro atoms. The van der Waals surface area contributed by atoms with Crippen LogP contribution in [-0.2, 0) is 0 Å². The van der Waals surface area contributed by atoms with Crippen molar-refractivity contribution in [1.29, 1.82) is 0 Å². The molecule has 4 nitrogen and oxygen atoms in total. The van der Waals surface area contributed by atoms with Crippen molar-refractivity contribution in [3.63, 3.8) is 0 Å². The van der Waals surface area contributed by atoms with Crippen LogP contribution in [-0.4, -0.2) is 36.4 Å². The molecule has 3 rings (SSSR count). The fourth-order valence-corrected chi connectivity index (χ4v) is 2.54. The molecule has 4 heteroatoms. The first-order chi connectivity index (χ1) is 9.34. The molecule has 100 valence electrons. The second-order valence-electron chi connectivity index (χ2n) is 5.09. The third-order valence-electron chi connectivity index (χ3n) is 3.64. The highest BCUT2D eigenvalue weighted by Crippen LogP contribution is 2.28. The van der Waals surface area contributed by atoms with Crippen LogP contribution in [0.15, 0.2) is 30.5 Å².